The van der Waals surface area contributed by atoms with Crippen molar-refractivity contribution in [1.82, 2.24) is 0 Å². The lowest BCUT2D eigenvalue weighted by molar-refractivity contribution is -0.137. The zero-order valence-electron chi connectivity index (χ0n) is 8.38. The number of hydrogen-bond donors (Lipinski definition) is 2. The van der Waals surface area contributed by atoms with Crippen LogP contribution in [0.4, 0.5) is 13.2 Å². The average molecular weight is 289 g/mol. The number of benzene rings is 1. The molecule has 0 amide bonds. The third-order valence-electron chi connectivity index (χ3n) is 2.17. The molecule has 2 unspecified atom stereocenters. The number of halogens is 5. The molecule has 0 aliphatic rings. The summed E-state index contributed by atoms with van der Waals surface area (Å²) in [5, 5.41) is 18.6. The largest absolute Gasteiger partial charge is 0.416 e. The molecule has 2 atom stereocenters. The van der Waals surface area contributed by atoms with Crippen LogP contribution in [0.5, 0.6) is 0 Å². The van der Waals surface area contributed by atoms with Gasteiger partial charge in [-0.05, 0) is 12.1 Å². The Hall–Kier alpha value is -0.490. The van der Waals surface area contributed by atoms with E-state index >= 15 is 0 Å². The third-order valence-corrected chi connectivity index (χ3v) is 2.81. The number of alkyl halides is 4. The molecule has 0 aliphatic carbocycles. The Bertz CT molecular complexity index is 396. The second kappa shape index (κ2) is 5.44. The lowest BCUT2D eigenvalue weighted by atomic mass is 10.0. The van der Waals surface area contributed by atoms with Crippen LogP contribution in [0.3, 0.4) is 0 Å². The first-order valence-electron chi connectivity index (χ1n) is 4.56. The summed E-state index contributed by atoms with van der Waals surface area (Å²) in [7, 11) is 0. The molecule has 0 aliphatic heterocycles. The van der Waals surface area contributed by atoms with Crippen molar-refractivity contribution in [3.05, 3.63) is 34.3 Å². The predicted molar refractivity (Wildman–Crippen MR) is 58.1 cm³/mol. The summed E-state index contributed by atoms with van der Waals surface area (Å²) < 4.78 is 37.0. The molecule has 0 heterocycles. The molecule has 7 heteroatoms. The van der Waals surface area contributed by atoms with Gasteiger partial charge in [-0.15, -0.1) is 11.6 Å². The average Bonchev–Trinajstić information content (AvgIpc) is 2.25. The summed E-state index contributed by atoms with van der Waals surface area (Å²) in [4.78, 5) is 0. The minimum absolute atomic E-state index is 0.00724. The van der Waals surface area contributed by atoms with Gasteiger partial charge in [0.1, 0.15) is 6.10 Å². The molecule has 1 aromatic carbocycles. The first-order chi connectivity index (χ1) is 7.77. The monoisotopic (exact) mass is 288 g/mol. The molecule has 2 nitrogen and oxygen atoms in total. The van der Waals surface area contributed by atoms with Gasteiger partial charge in [0.2, 0.25) is 0 Å². The second-order valence-electron chi connectivity index (χ2n) is 3.40. The first-order valence-corrected chi connectivity index (χ1v) is 5.47. The minimum Gasteiger partial charge on any atom is -0.389 e. The molecular weight excluding hydrogens is 280 g/mol. The number of hydrogen-bond acceptors (Lipinski definition) is 2. The minimum atomic E-state index is -4.50. The molecule has 17 heavy (non-hydrogen) atoms. The van der Waals surface area contributed by atoms with Gasteiger partial charge in [-0.25, -0.2) is 0 Å². The fraction of sp³-hybridized carbons (Fsp3) is 0.400. The van der Waals surface area contributed by atoms with E-state index in [1.54, 1.807) is 0 Å². The highest BCUT2D eigenvalue weighted by molar-refractivity contribution is 6.31. The van der Waals surface area contributed by atoms with E-state index in [4.69, 9.17) is 23.2 Å². The molecule has 2 N–H and O–H groups in total. The van der Waals surface area contributed by atoms with E-state index in [0.717, 1.165) is 12.1 Å². The van der Waals surface area contributed by atoms with Crippen LogP contribution in [0.15, 0.2) is 18.2 Å². The van der Waals surface area contributed by atoms with Gasteiger partial charge >= 0.3 is 6.18 Å². The molecule has 0 bridgehead atoms. The highest BCUT2D eigenvalue weighted by atomic mass is 35.5. The molecule has 0 saturated heterocycles. The van der Waals surface area contributed by atoms with Crippen molar-refractivity contribution in [3.8, 4) is 0 Å². The normalized spacial score (nSPS) is 15.7. The molecule has 0 aromatic heterocycles. The van der Waals surface area contributed by atoms with Crippen molar-refractivity contribution in [2.45, 2.75) is 18.4 Å². The molecule has 0 saturated carbocycles. The molecule has 96 valence electrons. The predicted octanol–water partition coefficient (Wildman–Crippen LogP) is 2.99. The maximum Gasteiger partial charge on any atom is 0.416 e. The van der Waals surface area contributed by atoms with Crippen molar-refractivity contribution in [2.24, 2.45) is 0 Å². The van der Waals surface area contributed by atoms with Gasteiger partial charge < -0.3 is 10.2 Å². The van der Waals surface area contributed by atoms with Gasteiger partial charge in [0.25, 0.3) is 0 Å². The summed E-state index contributed by atoms with van der Waals surface area (Å²) in [5.74, 6) is -0.251. The fourth-order valence-electron chi connectivity index (χ4n) is 1.23. The Morgan fingerprint density at radius 3 is 2.24 bits per heavy atom. The molecule has 1 aromatic rings. The van der Waals surface area contributed by atoms with Crippen LogP contribution in [-0.2, 0) is 6.18 Å². The maximum absolute atomic E-state index is 12.3. The lowest BCUT2D eigenvalue weighted by Crippen LogP contribution is -2.20. The van der Waals surface area contributed by atoms with Gasteiger partial charge in [0.05, 0.1) is 17.5 Å². The van der Waals surface area contributed by atoms with Crippen LogP contribution in [0.25, 0.3) is 0 Å². The van der Waals surface area contributed by atoms with Crippen molar-refractivity contribution in [2.75, 3.05) is 5.88 Å². The van der Waals surface area contributed by atoms with Crippen LogP contribution >= 0.6 is 23.2 Å². The maximum atomic E-state index is 12.3. The van der Waals surface area contributed by atoms with E-state index in [2.05, 4.69) is 0 Å². The quantitative estimate of drug-likeness (QED) is 0.840. The topological polar surface area (TPSA) is 40.5 Å². The van der Waals surface area contributed by atoms with Crippen LogP contribution < -0.4 is 0 Å². The molecule has 0 fully saturated rings. The van der Waals surface area contributed by atoms with Crippen LogP contribution in [0.2, 0.25) is 5.02 Å². The second-order valence-corrected chi connectivity index (χ2v) is 4.12. The lowest BCUT2D eigenvalue weighted by Gasteiger charge is -2.18. The van der Waals surface area contributed by atoms with E-state index in [0.29, 0.717) is 6.07 Å². The van der Waals surface area contributed by atoms with E-state index in [-0.39, 0.29) is 16.5 Å². The van der Waals surface area contributed by atoms with Gasteiger partial charge in [0, 0.05) is 10.6 Å². The molecular formula is C10H9Cl2F3O2. The summed E-state index contributed by atoms with van der Waals surface area (Å²) in [6.07, 6.45) is -7.20. The van der Waals surface area contributed by atoms with Crippen LogP contribution in [0, 0.1) is 0 Å². The first kappa shape index (κ1) is 14.6. The van der Waals surface area contributed by atoms with Crippen LogP contribution in [-0.4, -0.2) is 22.2 Å². The van der Waals surface area contributed by atoms with Crippen LogP contribution in [0.1, 0.15) is 17.2 Å². The van der Waals surface area contributed by atoms with Crippen molar-refractivity contribution in [3.63, 3.8) is 0 Å². The Morgan fingerprint density at radius 2 is 1.82 bits per heavy atom. The van der Waals surface area contributed by atoms with Crippen molar-refractivity contribution >= 4 is 23.2 Å². The smallest absolute Gasteiger partial charge is 0.389 e. The summed E-state index contributed by atoms with van der Waals surface area (Å²) in [6, 6.07) is 2.50. The van der Waals surface area contributed by atoms with E-state index < -0.39 is 23.9 Å². The Kier molecular flexibility index (Phi) is 4.66. The Morgan fingerprint density at radius 1 is 1.24 bits per heavy atom. The molecule has 0 spiro atoms. The van der Waals surface area contributed by atoms with Gasteiger partial charge in [-0.2, -0.15) is 13.2 Å². The standard InChI is InChI=1S/C10H9Cl2F3O2/c11-4-8(16)9(17)6-2-1-5(3-7(6)12)10(13,14)15/h1-3,8-9,16-17H,4H2. The Labute approximate surface area is 106 Å². The van der Waals surface area contributed by atoms with Gasteiger partial charge in [-0.3, -0.25) is 0 Å². The van der Waals surface area contributed by atoms with Crippen molar-refractivity contribution < 1.29 is 23.4 Å². The van der Waals surface area contributed by atoms with E-state index in [1.807, 2.05) is 0 Å². The number of rotatable bonds is 3. The molecule has 1 rings (SSSR count). The number of aliphatic hydroxyl groups excluding tert-OH is 2. The fourth-order valence-corrected chi connectivity index (χ4v) is 1.70. The zero-order valence-corrected chi connectivity index (χ0v) is 9.89. The van der Waals surface area contributed by atoms with Gasteiger partial charge in [0.15, 0.2) is 0 Å². The number of aliphatic hydroxyl groups is 2. The third kappa shape index (κ3) is 3.48. The Balaban J connectivity index is 3.06. The highest BCUT2D eigenvalue weighted by Gasteiger charge is 2.31. The SMILES string of the molecule is OC(CCl)C(O)c1ccc(C(F)(F)F)cc1Cl. The van der Waals surface area contributed by atoms with E-state index in [9.17, 15) is 23.4 Å². The zero-order chi connectivity index (χ0) is 13.2. The molecule has 0 radical (unpaired) electrons. The summed E-state index contributed by atoms with van der Waals surface area (Å²) in [5.41, 5.74) is -0.911. The van der Waals surface area contributed by atoms with E-state index in [1.165, 1.54) is 0 Å². The van der Waals surface area contributed by atoms with Crippen molar-refractivity contribution in [1.29, 1.82) is 0 Å². The summed E-state index contributed by atoms with van der Waals surface area (Å²) >= 11 is 10.9. The summed E-state index contributed by atoms with van der Waals surface area (Å²) in [6.45, 7) is 0. The highest BCUT2D eigenvalue weighted by Crippen LogP contribution is 2.34. The van der Waals surface area contributed by atoms with Gasteiger partial charge in [-0.1, -0.05) is 17.7 Å².